The van der Waals surface area contributed by atoms with E-state index >= 15 is 0 Å². The molecule has 3 rings (SSSR count). The first-order chi connectivity index (χ1) is 12.1. The van der Waals surface area contributed by atoms with E-state index in [-0.39, 0.29) is 16.2 Å². The number of fused-ring (bicyclic) bond motifs is 1. The molecule has 0 saturated heterocycles. The van der Waals surface area contributed by atoms with Gasteiger partial charge in [-0.3, -0.25) is 14.6 Å². The van der Waals surface area contributed by atoms with Crippen molar-refractivity contribution in [2.24, 2.45) is 0 Å². The van der Waals surface area contributed by atoms with Crippen LogP contribution in [0.25, 0.3) is 10.9 Å². The summed E-state index contributed by atoms with van der Waals surface area (Å²) in [5.74, 6) is 0.507. The van der Waals surface area contributed by atoms with Crippen LogP contribution in [0.2, 0.25) is 0 Å². The van der Waals surface area contributed by atoms with Gasteiger partial charge in [0, 0.05) is 17.7 Å². The van der Waals surface area contributed by atoms with Gasteiger partial charge in [-0.2, -0.15) is 0 Å². The predicted octanol–water partition coefficient (Wildman–Crippen LogP) is 2.91. The quantitative estimate of drug-likeness (QED) is 0.614. The summed E-state index contributed by atoms with van der Waals surface area (Å²) in [5.41, 5.74) is 1.58. The van der Waals surface area contributed by atoms with Crippen molar-refractivity contribution in [2.45, 2.75) is 13.5 Å². The highest BCUT2D eigenvalue weighted by molar-refractivity contribution is 7.71. The third-order valence-corrected chi connectivity index (χ3v) is 3.92. The van der Waals surface area contributed by atoms with Crippen LogP contribution in [-0.2, 0) is 6.54 Å². The second-order valence-electron chi connectivity index (χ2n) is 5.39. The van der Waals surface area contributed by atoms with Gasteiger partial charge < -0.3 is 15.0 Å². The summed E-state index contributed by atoms with van der Waals surface area (Å²) in [6.07, 6.45) is 0. The Kier molecular flexibility index (Phi) is 4.95. The van der Waals surface area contributed by atoms with Gasteiger partial charge in [-0.05, 0) is 43.4 Å². The minimum Gasteiger partial charge on any atom is -0.494 e. The number of benzene rings is 2. The van der Waals surface area contributed by atoms with Gasteiger partial charge >= 0.3 is 0 Å². The van der Waals surface area contributed by atoms with Crippen LogP contribution in [-0.4, -0.2) is 22.5 Å². The Bertz CT molecular complexity index is 1040. The van der Waals surface area contributed by atoms with Gasteiger partial charge in [0.05, 0.1) is 17.5 Å². The molecule has 1 amide bonds. The summed E-state index contributed by atoms with van der Waals surface area (Å²) < 4.78 is 5.78. The Hall–Kier alpha value is -2.93. The van der Waals surface area contributed by atoms with Crippen LogP contribution in [0.1, 0.15) is 22.8 Å². The normalized spacial score (nSPS) is 10.6. The molecule has 25 heavy (non-hydrogen) atoms. The largest absolute Gasteiger partial charge is 0.494 e. The van der Waals surface area contributed by atoms with Crippen LogP contribution in [0.4, 0.5) is 0 Å². The zero-order chi connectivity index (χ0) is 17.8. The number of hydrogen-bond acceptors (Lipinski definition) is 4. The number of nitrogens with one attached hydrogen (secondary N) is 3. The van der Waals surface area contributed by atoms with Gasteiger partial charge in [0.15, 0.2) is 4.77 Å². The average Bonchev–Trinajstić information content (AvgIpc) is 2.60. The SMILES string of the molecule is CCOc1ccccc1CNC(=O)c1ccc2c(=O)[nH]c(=S)[nH]c2c1. The maximum absolute atomic E-state index is 12.4. The summed E-state index contributed by atoms with van der Waals surface area (Å²) in [5, 5.41) is 3.31. The van der Waals surface area contributed by atoms with Crippen molar-refractivity contribution in [3.05, 3.63) is 68.7 Å². The molecule has 3 aromatic rings. The Morgan fingerprint density at radius 2 is 2.00 bits per heavy atom. The molecule has 0 aliphatic rings. The number of para-hydroxylation sites is 1. The molecule has 1 aromatic heterocycles. The van der Waals surface area contributed by atoms with E-state index in [1.807, 2.05) is 31.2 Å². The van der Waals surface area contributed by atoms with Gasteiger partial charge in [-0.15, -0.1) is 0 Å². The molecule has 6 nitrogen and oxygen atoms in total. The highest BCUT2D eigenvalue weighted by atomic mass is 32.1. The lowest BCUT2D eigenvalue weighted by Gasteiger charge is -2.11. The average molecular weight is 355 g/mol. The van der Waals surface area contributed by atoms with E-state index < -0.39 is 0 Å². The highest BCUT2D eigenvalue weighted by Gasteiger charge is 2.09. The fourth-order valence-electron chi connectivity index (χ4n) is 2.53. The number of carbonyl (C=O) groups is 1. The van der Waals surface area contributed by atoms with Gasteiger partial charge in [0.1, 0.15) is 5.75 Å². The molecule has 0 spiro atoms. The lowest BCUT2D eigenvalue weighted by atomic mass is 10.1. The summed E-state index contributed by atoms with van der Waals surface area (Å²) in [4.78, 5) is 29.7. The number of hydrogen-bond donors (Lipinski definition) is 3. The molecule has 0 bridgehead atoms. The number of amides is 1. The number of H-pyrrole nitrogens is 2. The molecule has 128 valence electrons. The van der Waals surface area contributed by atoms with Crippen molar-refractivity contribution in [3.8, 4) is 5.75 Å². The van der Waals surface area contributed by atoms with E-state index in [0.29, 0.717) is 29.6 Å². The third-order valence-electron chi connectivity index (χ3n) is 3.71. The molecule has 0 aliphatic heterocycles. The molecular weight excluding hydrogens is 338 g/mol. The first-order valence-corrected chi connectivity index (χ1v) is 8.24. The predicted molar refractivity (Wildman–Crippen MR) is 98.5 cm³/mol. The van der Waals surface area contributed by atoms with Crippen LogP contribution in [0.3, 0.4) is 0 Å². The molecular formula is C18H17N3O3S. The van der Waals surface area contributed by atoms with Gasteiger partial charge in [-0.1, -0.05) is 18.2 Å². The van der Waals surface area contributed by atoms with Crippen molar-refractivity contribution in [1.29, 1.82) is 0 Å². The number of aromatic amines is 2. The van der Waals surface area contributed by atoms with E-state index in [0.717, 1.165) is 11.3 Å². The first kappa shape index (κ1) is 16.9. The van der Waals surface area contributed by atoms with Crippen LogP contribution in [0.15, 0.2) is 47.3 Å². The molecule has 0 atom stereocenters. The third kappa shape index (κ3) is 3.77. The topological polar surface area (TPSA) is 87.0 Å². The molecule has 0 aliphatic carbocycles. The van der Waals surface area contributed by atoms with Crippen LogP contribution >= 0.6 is 12.2 Å². The molecule has 0 fully saturated rings. The van der Waals surface area contributed by atoms with E-state index in [9.17, 15) is 9.59 Å². The standard InChI is InChI=1S/C18H17N3O3S/c1-2-24-15-6-4-3-5-12(15)10-19-16(22)11-7-8-13-14(9-11)20-18(25)21-17(13)23/h3-9H,2,10H2,1H3,(H,19,22)(H2,20,21,23,25). The molecule has 3 N–H and O–H groups in total. The Balaban J connectivity index is 1.81. The number of carbonyl (C=O) groups excluding carboxylic acids is 1. The van der Waals surface area contributed by atoms with Crippen molar-refractivity contribution in [3.63, 3.8) is 0 Å². The van der Waals surface area contributed by atoms with E-state index in [4.69, 9.17) is 17.0 Å². The fourth-order valence-corrected chi connectivity index (χ4v) is 2.74. The molecule has 0 radical (unpaired) electrons. The number of aromatic nitrogens is 2. The molecule has 1 heterocycles. The summed E-state index contributed by atoms with van der Waals surface area (Å²) in [6, 6.07) is 12.4. The fraction of sp³-hybridized carbons (Fsp3) is 0.167. The maximum Gasteiger partial charge on any atom is 0.259 e. The van der Waals surface area contributed by atoms with Crippen molar-refractivity contribution < 1.29 is 9.53 Å². The van der Waals surface area contributed by atoms with E-state index in [1.165, 1.54) is 0 Å². The zero-order valence-electron chi connectivity index (χ0n) is 13.6. The summed E-state index contributed by atoms with van der Waals surface area (Å²) in [6.45, 7) is 2.82. The minimum atomic E-state index is -0.281. The Morgan fingerprint density at radius 1 is 1.20 bits per heavy atom. The Morgan fingerprint density at radius 3 is 2.80 bits per heavy atom. The van der Waals surface area contributed by atoms with Gasteiger partial charge in [0.25, 0.3) is 11.5 Å². The van der Waals surface area contributed by atoms with Crippen LogP contribution < -0.4 is 15.6 Å². The van der Waals surface area contributed by atoms with E-state index in [1.54, 1.807) is 18.2 Å². The zero-order valence-corrected chi connectivity index (χ0v) is 14.4. The molecule has 7 heteroatoms. The van der Waals surface area contributed by atoms with Crippen LogP contribution in [0, 0.1) is 4.77 Å². The molecule has 2 aromatic carbocycles. The molecule has 0 unspecified atom stereocenters. The van der Waals surface area contributed by atoms with Crippen molar-refractivity contribution in [1.82, 2.24) is 15.3 Å². The molecule has 0 saturated carbocycles. The minimum absolute atomic E-state index is 0.223. The second-order valence-corrected chi connectivity index (χ2v) is 5.80. The Labute approximate surface area is 148 Å². The van der Waals surface area contributed by atoms with E-state index in [2.05, 4.69) is 15.3 Å². The number of ether oxygens (including phenoxy) is 1. The van der Waals surface area contributed by atoms with Gasteiger partial charge in [0.2, 0.25) is 0 Å². The first-order valence-electron chi connectivity index (χ1n) is 7.83. The van der Waals surface area contributed by atoms with Gasteiger partial charge in [-0.25, -0.2) is 0 Å². The highest BCUT2D eigenvalue weighted by Crippen LogP contribution is 2.18. The van der Waals surface area contributed by atoms with Crippen LogP contribution in [0.5, 0.6) is 5.75 Å². The number of rotatable bonds is 5. The monoisotopic (exact) mass is 355 g/mol. The lowest BCUT2D eigenvalue weighted by molar-refractivity contribution is 0.0950. The van der Waals surface area contributed by atoms with Crippen molar-refractivity contribution in [2.75, 3.05) is 6.61 Å². The van der Waals surface area contributed by atoms with Crippen molar-refractivity contribution >= 4 is 29.0 Å². The smallest absolute Gasteiger partial charge is 0.259 e. The second kappa shape index (κ2) is 7.31. The summed E-state index contributed by atoms with van der Waals surface area (Å²) >= 11 is 4.96. The lowest BCUT2D eigenvalue weighted by Crippen LogP contribution is -2.23. The maximum atomic E-state index is 12.4. The summed E-state index contributed by atoms with van der Waals surface area (Å²) in [7, 11) is 0.